The van der Waals surface area contributed by atoms with Crippen molar-refractivity contribution in [2.75, 3.05) is 6.54 Å². The van der Waals surface area contributed by atoms with Gasteiger partial charge in [0.1, 0.15) is 12.4 Å². The van der Waals surface area contributed by atoms with Crippen LogP contribution in [0.25, 0.3) is 0 Å². The van der Waals surface area contributed by atoms with Crippen LogP contribution in [0.1, 0.15) is 11.1 Å². The van der Waals surface area contributed by atoms with Crippen LogP contribution in [-0.2, 0) is 6.61 Å². The number of nitrogens with two attached hydrogens (primary N) is 1. The summed E-state index contributed by atoms with van der Waals surface area (Å²) >= 11 is 12.1. The Bertz CT molecular complexity index is 659. The molecule has 0 unspecified atom stereocenters. The fourth-order valence-corrected chi connectivity index (χ4v) is 2.02. The molecule has 2 nitrogen and oxygen atoms in total. The van der Waals surface area contributed by atoms with Gasteiger partial charge in [-0.05, 0) is 30.3 Å². The van der Waals surface area contributed by atoms with Gasteiger partial charge in [0.05, 0.1) is 12.1 Å². The fraction of sp³-hybridized carbons (Fsp3) is 0.125. The third-order valence-corrected chi connectivity index (χ3v) is 3.21. The predicted molar refractivity (Wildman–Crippen MR) is 83.2 cm³/mol. The molecule has 0 amide bonds. The molecule has 0 aliphatic heterocycles. The molecule has 2 aromatic carbocycles. The van der Waals surface area contributed by atoms with E-state index >= 15 is 0 Å². The second kappa shape index (κ2) is 7.21. The maximum atomic E-state index is 6.10. The molecule has 0 aromatic heterocycles. The smallest absolute Gasteiger partial charge is 0.135 e. The van der Waals surface area contributed by atoms with E-state index in [0.29, 0.717) is 28.9 Å². The second-order valence-corrected chi connectivity index (χ2v) is 4.87. The first kappa shape index (κ1) is 14.7. The molecular formula is C16H13Cl2NO. The van der Waals surface area contributed by atoms with E-state index < -0.39 is 0 Å². The maximum Gasteiger partial charge on any atom is 0.135 e. The van der Waals surface area contributed by atoms with Gasteiger partial charge >= 0.3 is 0 Å². The fourth-order valence-electron chi connectivity index (χ4n) is 1.65. The van der Waals surface area contributed by atoms with E-state index in [1.165, 1.54) is 0 Å². The van der Waals surface area contributed by atoms with Crippen molar-refractivity contribution in [3.05, 3.63) is 63.6 Å². The van der Waals surface area contributed by atoms with Crippen molar-refractivity contribution in [1.29, 1.82) is 0 Å². The Hall–Kier alpha value is -1.66. The van der Waals surface area contributed by atoms with E-state index in [4.69, 9.17) is 33.7 Å². The molecule has 0 bridgehead atoms. The largest absolute Gasteiger partial charge is 0.488 e. The molecule has 2 N–H and O–H groups in total. The first-order valence-electron chi connectivity index (χ1n) is 6.05. The summed E-state index contributed by atoms with van der Waals surface area (Å²) < 4.78 is 5.77. The van der Waals surface area contributed by atoms with Crippen LogP contribution in [0.3, 0.4) is 0 Å². The average molecular weight is 306 g/mol. The zero-order chi connectivity index (χ0) is 14.4. The number of ether oxygens (including phenoxy) is 1. The van der Waals surface area contributed by atoms with Gasteiger partial charge in [-0.15, -0.1) is 0 Å². The maximum absolute atomic E-state index is 6.10. The first-order chi connectivity index (χ1) is 9.70. The normalized spacial score (nSPS) is 9.75. The van der Waals surface area contributed by atoms with Crippen LogP contribution in [0, 0.1) is 11.8 Å². The Balaban J connectivity index is 2.17. The highest BCUT2D eigenvalue weighted by Gasteiger charge is 2.05. The van der Waals surface area contributed by atoms with Crippen molar-refractivity contribution in [1.82, 2.24) is 0 Å². The minimum Gasteiger partial charge on any atom is -0.488 e. The number of halogens is 2. The second-order valence-electron chi connectivity index (χ2n) is 4.03. The number of benzene rings is 2. The molecule has 20 heavy (non-hydrogen) atoms. The number of para-hydroxylation sites is 1. The molecular weight excluding hydrogens is 293 g/mol. The Morgan fingerprint density at radius 2 is 1.90 bits per heavy atom. The summed E-state index contributed by atoms with van der Waals surface area (Å²) in [7, 11) is 0. The van der Waals surface area contributed by atoms with Gasteiger partial charge in [0.15, 0.2) is 0 Å². The molecule has 0 aliphatic carbocycles. The van der Waals surface area contributed by atoms with Crippen molar-refractivity contribution < 1.29 is 4.74 Å². The minimum absolute atomic E-state index is 0.314. The lowest BCUT2D eigenvalue weighted by Gasteiger charge is -2.09. The third kappa shape index (κ3) is 3.91. The van der Waals surface area contributed by atoms with E-state index in [9.17, 15) is 0 Å². The Morgan fingerprint density at radius 1 is 1.10 bits per heavy atom. The van der Waals surface area contributed by atoms with Crippen molar-refractivity contribution in [2.24, 2.45) is 5.73 Å². The number of hydrogen-bond acceptors (Lipinski definition) is 2. The van der Waals surface area contributed by atoms with E-state index in [1.807, 2.05) is 24.3 Å². The SMILES string of the molecule is NCC#Cc1ccccc1OCc1cc(Cl)ccc1Cl. The lowest BCUT2D eigenvalue weighted by Crippen LogP contribution is -1.98. The Kier molecular flexibility index (Phi) is 5.31. The van der Waals surface area contributed by atoms with Crippen molar-refractivity contribution in [3.8, 4) is 17.6 Å². The van der Waals surface area contributed by atoms with Crippen LogP contribution in [0.15, 0.2) is 42.5 Å². The van der Waals surface area contributed by atoms with Crippen LogP contribution in [0.5, 0.6) is 5.75 Å². The molecule has 0 radical (unpaired) electrons. The monoisotopic (exact) mass is 305 g/mol. The van der Waals surface area contributed by atoms with E-state index in [-0.39, 0.29) is 0 Å². The highest BCUT2D eigenvalue weighted by Crippen LogP contribution is 2.24. The number of rotatable bonds is 3. The van der Waals surface area contributed by atoms with E-state index in [2.05, 4.69) is 11.8 Å². The van der Waals surface area contributed by atoms with Crippen LogP contribution in [0.2, 0.25) is 10.0 Å². The Morgan fingerprint density at radius 3 is 2.70 bits per heavy atom. The molecule has 0 saturated heterocycles. The molecule has 0 fully saturated rings. The highest BCUT2D eigenvalue weighted by atomic mass is 35.5. The first-order valence-corrected chi connectivity index (χ1v) is 6.81. The van der Waals surface area contributed by atoms with Crippen LogP contribution < -0.4 is 10.5 Å². The third-order valence-electron chi connectivity index (χ3n) is 2.60. The topological polar surface area (TPSA) is 35.2 Å². The standard InChI is InChI=1S/C16H13Cl2NO/c17-14-7-8-15(18)13(10-14)11-20-16-6-2-1-4-12(16)5-3-9-19/h1-2,4,6-8,10H,9,11,19H2. The van der Waals surface area contributed by atoms with Crippen LogP contribution >= 0.6 is 23.2 Å². The van der Waals surface area contributed by atoms with Crippen LogP contribution in [0.4, 0.5) is 0 Å². The molecule has 2 aromatic rings. The lowest BCUT2D eigenvalue weighted by molar-refractivity contribution is 0.305. The molecule has 0 heterocycles. The molecule has 0 atom stereocenters. The molecule has 0 spiro atoms. The van der Waals surface area contributed by atoms with E-state index in [1.54, 1.807) is 18.2 Å². The van der Waals surface area contributed by atoms with Gasteiger partial charge in [0.25, 0.3) is 0 Å². The molecule has 2 rings (SSSR count). The van der Waals surface area contributed by atoms with Gasteiger partial charge in [-0.2, -0.15) is 0 Å². The zero-order valence-electron chi connectivity index (χ0n) is 10.7. The van der Waals surface area contributed by atoms with Gasteiger partial charge in [-0.3, -0.25) is 0 Å². The van der Waals surface area contributed by atoms with Gasteiger partial charge in [-0.1, -0.05) is 47.2 Å². The summed E-state index contributed by atoms with van der Waals surface area (Å²) in [4.78, 5) is 0. The molecule has 102 valence electrons. The van der Waals surface area contributed by atoms with Gasteiger partial charge in [0.2, 0.25) is 0 Å². The minimum atomic E-state index is 0.314. The molecule has 0 saturated carbocycles. The summed E-state index contributed by atoms with van der Waals surface area (Å²) in [6.45, 7) is 0.648. The van der Waals surface area contributed by atoms with Crippen molar-refractivity contribution >= 4 is 23.2 Å². The van der Waals surface area contributed by atoms with Gasteiger partial charge in [-0.25, -0.2) is 0 Å². The predicted octanol–water partition coefficient (Wildman–Crippen LogP) is 3.88. The molecule has 0 aliphatic rings. The summed E-state index contributed by atoms with van der Waals surface area (Å²) in [6.07, 6.45) is 0. The molecule has 4 heteroatoms. The zero-order valence-corrected chi connectivity index (χ0v) is 12.2. The quantitative estimate of drug-likeness (QED) is 0.873. The van der Waals surface area contributed by atoms with Crippen molar-refractivity contribution in [3.63, 3.8) is 0 Å². The highest BCUT2D eigenvalue weighted by molar-refractivity contribution is 6.33. The van der Waals surface area contributed by atoms with E-state index in [0.717, 1.165) is 11.1 Å². The van der Waals surface area contributed by atoms with Crippen molar-refractivity contribution in [2.45, 2.75) is 6.61 Å². The van der Waals surface area contributed by atoms with Crippen LogP contribution in [-0.4, -0.2) is 6.54 Å². The summed E-state index contributed by atoms with van der Waals surface area (Å²) in [6, 6.07) is 12.8. The summed E-state index contributed by atoms with van der Waals surface area (Å²) in [5, 5.41) is 1.25. The lowest BCUT2D eigenvalue weighted by atomic mass is 10.2. The van der Waals surface area contributed by atoms with Gasteiger partial charge < -0.3 is 10.5 Å². The average Bonchev–Trinajstić information content (AvgIpc) is 2.47. The summed E-state index contributed by atoms with van der Waals surface area (Å²) in [5.74, 6) is 6.49. The number of hydrogen-bond donors (Lipinski definition) is 1. The Labute approximate surface area is 128 Å². The van der Waals surface area contributed by atoms with Gasteiger partial charge in [0, 0.05) is 15.6 Å². The summed E-state index contributed by atoms with van der Waals surface area (Å²) in [5.41, 5.74) is 7.02.